The van der Waals surface area contributed by atoms with Gasteiger partial charge in [0.05, 0.1) is 16.1 Å². The largest absolute Gasteiger partial charge is 0.321 e. The number of carbonyl (C=O) groups is 1. The summed E-state index contributed by atoms with van der Waals surface area (Å²) in [5.74, 6) is -0.323. The third-order valence-electron chi connectivity index (χ3n) is 4.18. The highest BCUT2D eigenvalue weighted by Crippen LogP contribution is 2.25. The van der Waals surface area contributed by atoms with Crippen molar-refractivity contribution in [2.24, 2.45) is 0 Å². The van der Waals surface area contributed by atoms with Gasteiger partial charge < -0.3 is 5.32 Å². The van der Waals surface area contributed by atoms with Gasteiger partial charge in [-0.3, -0.25) is 9.78 Å². The Labute approximate surface area is 164 Å². The van der Waals surface area contributed by atoms with Gasteiger partial charge in [0.15, 0.2) is 0 Å². The molecule has 0 bridgehead atoms. The van der Waals surface area contributed by atoms with Gasteiger partial charge >= 0.3 is 0 Å². The Morgan fingerprint density at radius 1 is 1.11 bits per heavy atom. The van der Waals surface area contributed by atoms with Crippen LogP contribution in [0.2, 0.25) is 0 Å². The van der Waals surface area contributed by atoms with Gasteiger partial charge in [0.2, 0.25) is 10.0 Å². The smallest absolute Gasteiger partial charge is 0.255 e. The number of nitrogens with zero attached hydrogens (tertiary/aromatic N) is 1. The van der Waals surface area contributed by atoms with Crippen LogP contribution >= 0.6 is 0 Å². The molecule has 0 radical (unpaired) electrons. The van der Waals surface area contributed by atoms with Crippen LogP contribution in [0.4, 0.5) is 5.69 Å². The molecule has 0 saturated carbocycles. The lowest BCUT2D eigenvalue weighted by atomic mass is 10.1. The minimum Gasteiger partial charge on any atom is -0.321 e. The van der Waals surface area contributed by atoms with E-state index >= 15 is 0 Å². The maximum Gasteiger partial charge on any atom is 0.255 e. The predicted molar refractivity (Wildman–Crippen MR) is 111 cm³/mol. The molecule has 0 unspecified atom stereocenters. The number of amides is 1. The van der Waals surface area contributed by atoms with Gasteiger partial charge in [-0.05, 0) is 56.3 Å². The van der Waals surface area contributed by atoms with E-state index < -0.39 is 10.0 Å². The Morgan fingerprint density at radius 3 is 2.50 bits per heavy atom. The minimum absolute atomic E-state index is 0.0896. The van der Waals surface area contributed by atoms with Crippen LogP contribution in [0.25, 0.3) is 10.9 Å². The second kappa shape index (κ2) is 7.92. The quantitative estimate of drug-likeness (QED) is 0.625. The Morgan fingerprint density at radius 2 is 1.82 bits per heavy atom. The van der Waals surface area contributed by atoms with Crippen molar-refractivity contribution in [1.29, 1.82) is 0 Å². The number of hydrogen-bond acceptors (Lipinski definition) is 4. The topological polar surface area (TPSA) is 88.2 Å². The van der Waals surface area contributed by atoms with Crippen molar-refractivity contribution in [2.45, 2.75) is 18.7 Å². The average Bonchev–Trinajstić information content (AvgIpc) is 2.67. The molecule has 0 saturated heterocycles. The maximum absolute atomic E-state index is 12.7. The molecule has 0 spiro atoms. The number of benzene rings is 2. The van der Waals surface area contributed by atoms with E-state index in [1.54, 1.807) is 0 Å². The first-order valence-corrected chi connectivity index (χ1v) is 10.2. The number of fused-ring (bicyclic) bond motifs is 1. The molecule has 0 aliphatic heterocycles. The standard InChI is InChI=1S/C21H21N3O3S/c1-4-11-22-28(26,27)17-8-6-16(7-9-17)21(25)24-20-13-15(3)23-19-10-5-14(2)12-18(19)20/h4-10,12-13,22H,1,11H2,2-3H3,(H,23,24,25). The lowest BCUT2D eigenvalue weighted by Crippen LogP contribution is -2.23. The summed E-state index contributed by atoms with van der Waals surface area (Å²) in [5, 5.41) is 3.76. The van der Waals surface area contributed by atoms with Crippen LogP contribution in [0.1, 0.15) is 21.6 Å². The Hall–Kier alpha value is -3.03. The van der Waals surface area contributed by atoms with Gasteiger partial charge in [-0.2, -0.15) is 0 Å². The Kier molecular flexibility index (Phi) is 5.58. The number of sulfonamides is 1. The minimum atomic E-state index is -3.62. The molecule has 7 heteroatoms. The van der Waals surface area contributed by atoms with Crippen molar-refractivity contribution >= 4 is 32.5 Å². The normalized spacial score (nSPS) is 11.4. The molecular weight excluding hydrogens is 374 g/mol. The van der Waals surface area contributed by atoms with Crippen LogP contribution in [-0.2, 0) is 10.0 Å². The molecule has 144 valence electrons. The van der Waals surface area contributed by atoms with Crippen LogP contribution in [0.5, 0.6) is 0 Å². The molecule has 0 aliphatic carbocycles. The second-order valence-electron chi connectivity index (χ2n) is 6.45. The summed E-state index contributed by atoms with van der Waals surface area (Å²) in [6.45, 7) is 7.46. The lowest BCUT2D eigenvalue weighted by molar-refractivity contribution is 0.102. The van der Waals surface area contributed by atoms with E-state index in [1.165, 1.54) is 30.3 Å². The number of aryl methyl sites for hydroxylation is 2. The number of rotatable bonds is 6. The first-order chi connectivity index (χ1) is 13.3. The van der Waals surface area contributed by atoms with Crippen molar-refractivity contribution in [3.8, 4) is 0 Å². The van der Waals surface area contributed by atoms with Gasteiger partial charge in [-0.25, -0.2) is 13.1 Å². The molecule has 3 aromatic rings. The lowest BCUT2D eigenvalue weighted by Gasteiger charge is -2.11. The molecule has 0 fully saturated rings. The summed E-state index contributed by atoms with van der Waals surface area (Å²) >= 11 is 0. The van der Waals surface area contributed by atoms with Gasteiger partial charge in [0, 0.05) is 23.2 Å². The van der Waals surface area contributed by atoms with Crippen LogP contribution in [-0.4, -0.2) is 25.9 Å². The molecule has 0 aliphatic rings. The summed E-state index contributed by atoms with van der Waals surface area (Å²) in [5.41, 5.74) is 3.69. The first kappa shape index (κ1) is 19.7. The van der Waals surface area contributed by atoms with E-state index in [2.05, 4.69) is 21.6 Å². The maximum atomic E-state index is 12.7. The molecule has 6 nitrogen and oxygen atoms in total. The monoisotopic (exact) mass is 395 g/mol. The fraction of sp³-hybridized carbons (Fsp3) is 0.143. The average molecular weight is 395 g/mol. The summed E-state index contributed by atoms with van der Waals surface area (Å²) in [7, 11) is -3.62. The molecule has 28 heavy (non-hydrogen) atoms. The molecule has 1 amide bonds. The van der Waals surface area contributed by atoms with E-state index in [1.807, 2.05) is 38.1 Å². The fourth-order valence-electron chi connectivity index (χ4n) is 2.81. The summed E-state index contributed by atoms with van der Waals surface area (Å²) in [4.78, 5) is 17.3. The van der Waals surface area contributed by atoms with Gasteiger partial charge in [-0.1, -0.05) is 17.7 Å². The van der Waals surface area contributed by atoms with E-state index in [9.17, 15) is 13.2 Å². The predicted octanol–water partition coefficient (Wildman–Crippen LogP) is 3.57. The fourth-order valence-corrected chi connectivity index (χ4v) is 3.81. The Balaban J connectivity index is 1.87. The van der Waals surface area contributed by atoms with Crippen LogP contribution < -0.4 is 10.0 Å². The molecule has 0 atom stereocenters. The van der Waals surface area contributed by atoms with Crippen molar-refractivity contribution in [1.82, 2.24) is 9.71 Å². The van der Waals surface area contributed by atoms with E-state index in [0.717, 1.165) is 22.2 Å². The molecule has 2 aromatic carbocycles. The number of pyridine rings is 1. The zero-order valence-electron chi connectivity index (χ0n) is 15.7. The van der Waals surface area contributed by atoms with Crippen molar-refractivity contribution in [3.63, 3.8) is 0 Å². The van der Waals surface area contributed by atoms with Gasteiger partial charge in [0.1, 0.15) is 0 Å². The highest BCUT2D eigenvalue weighted by molar-refractivity contribution is 7.89. The third-order valence-corrected chi connectivity index (χ3v) is 5.62. The molecular formula is C21H21N3O3S. The van der Waals surface area contributed by atoms with Crippen molar-refractivity contribution in [3.05, 3.63) is 78.0 Å². The zero-order valence-corrected chi connectivity index (χ0v) is 16.5. The first-order valence-electron chi connectivity index (χ1n) is 8.70. The van der Waals surface area contributed by atoms with Crippen molar-refractivity contribution < 1.29 is 13.2 Å². The molecule has 1 aromatic heterocycles. The number of anilines is 1. The van der Waals surface area contributed by atoms with Crippen LogP contribution in [0, 0.1) is 13.8 Å². The van der Waals surface area contributed by atoms with Crippen LogP contribution in [0.15, 0.2) is 66.1 Å². The van der Waals surface area contributed by atoms with E-state index in [-0.39, 0.29) is 17.3 Å². The van der Waals surface area contributed by atoms with Gasteiger partial charge in [0.25, 0.3) is 5.91 Å². The highest BCUT2D eigenvalue weighted by Gasteiger charge is 2.15. The summed E-state index contributed by atoms with van der Waals surface area (Å²) < 4.78 is 26.6. The molecule has 3 rings (SSSR count). The number of hydrogen-bond donors (Lipinski definition) is 2. The Bertz CT molecular complexity index is 1150. The van der Waals surface area contributed by atoms with Crippen molar-refractivity contribution in [2.75, 3.05) is 11.9 Å². The highest BCUT2D eigenvalue weighted by atomic mass is 32.2. The third kappa shape index (κ3) is 4.27. The van der Waals surface area contributed by atoms with E-state index in [0.29, 0.717) is 11.3 Å². The summed E-state index contributed by atoms with van der Waals surface area (Å²) in [6, 6.07) is 13.5. The second-order valence-corrected chi connectivity index (χ2v) is 8.22. The van der Waals surface area contributed by atoms with E-state index in [4.69, 9.17) is 0 Å². The molecule has 1 heterocycles. The molecule has 2 N–H and O–H groups in total. The van der Waals surface area contributed by atoms with Crippen LogP contribution in [0.3, 0.4) is 0 Å². The zero-order chi connectivity index (χ0) is 20.3. The number of nitrogens with one attached hydrogen (secondary N) is 2. The van der Waals surface area contributed by atoms with Gasteiger partial charge in [-0.15, -0.1) is 6.58 Å². The number of aromatic nitrogens is 1. The number of carbonyl (C=O) groups excluding carboxylic acids is 1. The summed E-state index contributed by atoms with van der Waals surface area (Å²) in [6.07, 6.45) is 1.46. The SMILES string of the molecule is C=CCNS(=O)(=O)c1ccc(C(=O)Nc2cc(C)nc3ccc(C)cc23)cc1.